The van der Waals surface area contributed by atoms with Crippen molar-refractivity contribution < 1.29 is 14.7 Å². The van der Waals surface area contributed by atoms with E-state index in [9.17, 15) is 14.7 Å². The number of carboxylic acid groups (broad SMARTS) is 1. The summed E-state index contributed by atoms with van der Waals surface area (Å²) >= 11 is 0. The largest absolute Gasteiger partial charge is 0.480 e. The average molecular weight is 320 g/mol. The fourth-order valence-electron chi connectivity index (χ4n) is 2.37. The van der Waals surface area contributed by atoms with Crippen LogP contribution in [0.5, 0.6) is 0 Å². The van der Waals surface area contributed by atoms with Crippen LogP contribution in [0.25, 0.3) is 0 Å². The van der Waals surface area contributed by atoms with E-state index in [-0.39, 0.29) is 5.91 Å². The van der Waals surface area contributed by atoms with Crippen molar-refractivity contribution in [3.8, 4) is 0 Å². The van der Waals surface area contributed by atoms with Crippen LogP contribution in [0, 0.1) is 0 Å². The van der Waals surface area contributed by atoms with Gasteiger partial charge in [-0.3, -0.25) is 14.5 Å². The number of hydrogen-bond donors (Lipinski definition) is 2. The van der Waals surface area contributed by atoms with E-state index in [1.54, 1.807) is 6.92 Å². The molecule has 0 bridgehead atoms. The molecular weight excluding hydrogens is 292 g/mol. The van der Waals surface area contributed by atoms with Crippen LogP contribution < -0.4 is 5.32 Å². The number of carbonyl (C=O) groups excluding carboxylic acids is 1. The van der Waals surface area contributed by atoms with Crippen LogP contribution in [0.4, 0.5) is 0 Å². The zero-order chi connectivity index (χ0) is 17.4. The van der Waals surface area contributed by atoms with Crippen molar-refractivity contribution in [2.45, 2.75) is 46.1 Å². The third-order valence-corrected chi connectivity index (χ3v) is 4.01. The van der Waals surface area contributed by atoms with Gasteiger partial charge >= 0.3 is 5.97 Å². The third-order valence-electron chi connectivity index (χ3n) is 4.01. The second-order valence-corrected chi connectivity index (χ2v) is 6.18. The third kappa shape index (κ3) is 6.82. The number of benzene rings is 1. The number of nitrogens with one attached hydrogen (secondary N) is 1. The Morgan fingerprint density at radius 2 is 1.74 bits per heavy atom. The lowest BCUT2D eigenvalue weighted by molar-refractivity contribution is -0.142. The highest BCUT2D eigenvalue weighted by molar-refractivity contribution is 5.73. The summed E-state index contributed by atoms with van der Waals surface area (Å²) in [6.07, 6.45) is 0.788. The molecule has 0 saturated carbocycles. The minimum Gasteiger partial charge on any atom is -0.480 e. The van der Waals surface area contributed by atoms with E-state index in [2.05, 4.69) is 43.4 Å². The molecule has 0 aromatic heterocycles. The van der Waals surface area contributed by atoms with Crippen molar-refractivity contribution in [1.82, 2.24) is 10.2 Å². The molecule has 0 spiro atoms. The molecule has 0 fully saturated rings. The molecule has 1 atom stereocenters. The topological polar surface area (TPSA) is 69.6 Å². The summed E-state index contributed by atoms with van der Waals surface area (Å²) < 4.78 is 0. The Balaban J connectivity index is 2.61. The Morgan fingerprint density at radius 3 is 2.22 bits per heavy atom. The first-order chi connectivity index (χ1) is 10.8. The molecule has 1 aromatic rings. The molecule has 0 heterocycles. The molecule has 0 aliphatic carbocycles. The lowest BCUT2D eigenvalue weighted by Gasteiger charge is -2.26. The number of nitrogens with zero attached hydrogens (tertiary/aromatic N) is 1. The van der Waals surface area contributed by atoms with Crippen LogP contribution in [0.2, 0.25) is 0 Å². The van der Waals surface area contributed by atoms with Crippen molar-refractivity contribution in [3.63, 3.8) is 0 Å². The van der Waals surface area contributed by atoms with Crippen molar-refractivity contribution >= 4 is 11.9 Å². The minimum absolute atomic E-state index is 0.0998. The highest BCUT2D eigenvalue weighted by Gasteiger charge is 2.20. The molecule has 2 N–H and O–H groups in total. The van der Waals surface area contributed by atoms with Crippen molar-refractivity contribution in [2.75, 3.05) is 19.6 Å². The van der Waals surface area contributed by atoms with Gasteiger partial charge in [-0.2, -0.15) is 0 Å². The van der Waals surface area contributed by atoms with Gasteiger partial charge in [-0.05, 0) is 30.4 Å². The summed E-state index contributed by atoms with van der Waals surface area (Å²) in [4.78, 5) is 24.1. The molecular formula is C18H28N2O3. The normalized spacial score (nSPS) is 12.4. The maximum atomic E-state index is 11.2. The Hall–Kier alpha value is -1.88. The highest BCUT2D eigenvalue weighted by Crippen LogP contribution is 2.15. The Labute approximate surface area is 138 Å². The van der Waals surface area contributed by atoms with Crippen LogP contribution >= 0.6 is 0 Å². The highest BCUT2D eigenvalue weighted by atomic mass is 16.4. The van der Waals surface area contributed by atoms with Crippen LogP contribution in [-0.4, -0.2) is 47.6 Å². The van der Waals surface area contributed by atoms with Crippen molar-refractivity contribution in [2.24, 2.45) is 0 Å². The molecule has 1 aromatic carbocycles. The molecule has 128 valence electrons. The van der Waals surface area contributed by atoms with E-state index in [4.69, 9.17) is 0 Å². The summed E-state index contributed by atoms with van der Waals surface area (Å²) in [5, 5.41) is 11.9. The van der Waals surface area contributed by atoms with Gasteiger partial charge in [0, 0.05) is 26.6 Å². The molecule has 0 saturated heterocycles. The number of hydrogen-bond acceptors (Lipinski definition) is 3. The predicted molar refractivity (Wildman–Crippen MR) is 91.6 cm³/mol. The summed E-state index contributed by atoms with van der Waals surface area (Å²) in [7, 11) is 0. The molecule has 5 nitrogen and oxygen atoms in total. The van der Waals surface area contributed by atoms with Gasteiger partial charge in [0.1, 0.15) is 6.04 Å². The molecule has 5 heteroatoms. The molecule has 1 amide bonds. The van der Waals surface area contributed by atoms with Gasteiger partial charge < -0.3 is 10.4 Å². The maximum Gasteiger partial charge on any atom is 0.320 e. The number of amides is 1. The second-order valence-electron chi connectivity index (χ2n) is 6.18. The SMILES string of the molecule is CC(=O)NCCN(CCc1ccc(C(C)C)cc1)C(C)C(=O)O. The van der Waals surface area contributed by atoms with E-state index < -0.39 is 12.0 Å². The smallest absolute Gasteiger partial charge is 0.320 e. The fourth-order valence-corrected chi connectivity index (χ4v) is 2.37. The second kappa shape index (κ2) is 9.30. The van der Waals surface area contributed by atoms with Crippen LogP contribution in [-0.2, 0) is 16.0 Å². The summed E-state index contributed by atoms with van der Waals surface area (Å²) in [6.45, 7) is 9.09. The standard InChI is InChI=1S/C18H28N2O3/c1-13(2)17-7-5-16(6-8-17)9-11-20(14(3)18(22)23)12-10-19-15(4)21/h5-8,13-14H,9-12H2,1-4H3,(H,19,21)(H,22,23). The monoisotopic (exact) mass is 320 g/mol. The van der Waals surface area contributed by atoms with Crippen molar-refractivity contribution in [3.05, 3.63) is 35.4 Å². The van der Waals surface area contributed by atoms with Crippen LogP contribution in [0.3, 0.4) is 0 Å². The summed E-state index contributed by atoms with van der Waals surface area (Å²) in [5.41, 5.74) is 2.49. The lowest BCUT2D eigenvalue weighted by Crippen LogP contribution is -2.44. The van der Waals surface area contributed by atoms with E-state index >= 15 is 0 Å². The van der Waals surface area contributed by atoms with Crippen molar-refractivity contribution in [1.29, 1.82) is 0 Å². The van der Waals surface area contributed by atoms with E-state index in [0.717, 1.165) is 6.42 Å². The number of aliphatic carboxylic acids is 1. The minimum atomic E-state index is -0.844. The van der Waals surface area contributed by atoms with E-state index in [0.29, 0.717) is 25.6 Å². The number of rotatable bonds is 9. The average Bonchev–Trinajstić information content (AvgIpc) is 2.49. The van der Waals surface area contributed by atoms with Gasteiger partial charge in [-0.25, -0.2) is 0 Å². The Bertz CT molecular complexity index is 512. The molecule has 0 radical (unpaired) electrons. The molecule has 23 heavy (non-hydrogen) atoms. The molecule has 0 aliphatic heterocycles. The Kier molecular flexibility index (Phi) is 7.75. The number of carbonyl (C=O) groups is 2. The predicted octanol–water partition coefficient (Wildman–Crippen LogP) is 2.26. The lowest BCUT2D eigenvalue weighted by atomic mass is 10.0. The van der Waals surface area contributed by atoms with Gasteiger partial charge in [-0.1, -0.05) is 38.1 Å². The van der Waals surface area contributed by atoms with Gasteiger partial charge in [0.05, 0.1) is 0 Å². The first-order valence-electron chi connectivity index (χ1n) is 8.11. The zero-order valence-corrected chi connectivity index (χ0v) is 14.5. The fraction of sp³-hybridized carbons (Fsp3) is 0.556. The molecule has 1 rings (SSSR count). The maximum absolute atomic E-state index is 11.2. The van der Waals surface area contributed by atoms with Gasteiger partial charge in [0.25, 0.3) is 0 Å². The number of carboxylic acids is 1. The zero-order valence-electron chi connectivity index (χ0n) is 14.5. The van der Waals surface area contributed by atoms with Gasteiger partial charge in [0.15, 0.2) is 0 Å². The Morgan fingerprint density at radius 1 is 1.13 bits per heavy atom. The van der Waals surface area contributed by atoms with Crippen LogP contribution in [0.1, 0.15) is 44.7 Å². The quantitative estimate of drug-likeness (QED) is 0.732. The van der Waals surface area contributed by atoms with E-state index in [1.165, 1.54) is 18.1 Å². The summed E-state index contributed by atoms with van der Waals surface area (Å²) in [5.74, 6) is -0.439. The van der Waals surface area contributed by atoms with E-state index in [1.807, 2.05) is 4.90 Å². The first kappa shape index (κ1) is 19.2. The van der Waals surface area contributed by atoms with Gasteiger partial charge in [-0.15, -0.1) is 0 Å². The summed E-state index contributed by atoms with van der Waals surface area (Å²) in [6, 6.07) is 7.89. The molecule has 1 unspecified atom stereocenters. The first-order valence-corrected chi connectivity index (χ1v) is 8.11. The molecule has 0 aliphatic rings. The van der Waals surface area contributed by atoms with Gasteiger partial charge in [0.2, 0.25) is 5.91 Å². The van der Waals surface area contributed by atoms with Crippen LogP contribution in [0.15, 0.2) is 24.3 Å².